The van der Waals surface area contributed by atoms with Crippen LogP contribution in [0.5, 0.6) is 11.6 Å². The summed E-state index contributed by atoms with van der Waals surface area (Å²) in [6, 6.07) is 8.80. The Morgan fingerprint density at radius 1 is 1.17 bits per heavy atom. The standard InChI is InChI=1S/C19H22F4N4O2.HI/c1-13(29-16-5-3-15(20)4-6-16)10-26-18(24-2)27-11-14-7-8-25-17(9-14)28-12-19(21,22)23;/h3-9,13H,10-12H2,1-2H3,(H2,24,26,27);1H. The lowest BCUT2D eigenvalue weighted by Crippen LogP contribution is -2.41. The van der Waals surface area contributed by atoms with Crippen LogP contribution in [-0.2, 0) is 6.54 Å². The molecular weight excluding hydrogens is 519 g/mol. The van der Waals surface area contributed by atoms with Crippen LogP contribution in [0.3, 0.4) is 0 Å². The van der Waals surface area contributed by atoms with Gasteiger partial charge in [0.2, 0.25) is 5.88 Å². The maximum atomic E-state index is 12.9. The minimum absolute atomic E-state index is 0. The third kappa shape index (κ3) is 9.94. The first-order valence-electron chi connectivity index (χ1n) is 8.76. The van der Waals surface area contributed by atoms with Gasteiger partial charge in [-0.3, -0.25) is 4.99 Å². The third-order valence-electron chi connectivity index (χ3n) is 3.57. The summed E-state index contributed by atoms with van der Waals surface area (Å²) in [5.41, 5.74) is 0.677. The molecule has 0 fully saturated rings. The predicted molar refractivity (Wildman–Crippen MR) is 116 cm³/mol. The molecule has 6 nitrogen and oxygen atoms in total. The molecule has 1 aromatic heterocycles. The highest BCUT2D eigenvalue weighted by molar-refractivity contribution is 14.0. The van der Waals surface area contributed by atoms with Crippen LogP contribution in [0.15, 0.2) is 47.6 Å². The Kier molecular flexibility index (Phi) is 10.6. The van der Waals surface area contributed by atoms with E-state index in [4.69, 9.17) is 4.74 Å². The van der Waals surface area contributed by atoms with Crippen molar-refractivity contribution in [2.45, 2.75) is 25.7 Å². The van der Waals surface area contributed by atoms with Crippen molar-refractivity contribution in [3.8, 4) is 11.6 Å². The molecule has 0 aliphatic heterocycles. The van der Waals surface area contributed by atoms with Gasteiger partial charge in [-0.15, -0.1) is 24.0 Å². The zero-order chi connectivity index (χ0) is 21.3. The van der Waals surface area contributed by atoms with Crippen LogP contribution >= 0.6 is 24.0 Å². The minimum atomic E-state index is -4.42. The van der Waals surface area contributed by atoms with Crippen molar-refractivity contribution in [3.63, 3.8) is 0 Å². The van der Waals surface area contributed by atoms with Gasteiger partial charge in [-0.2, -0.15) is 13.2 Å². The number of alkyl halides is 3. The molecule has 1 atom stereocenters. The van der Waals surface area contributed by atoms with E-state index in [0.717, 1.165) is 0 Å². The highest BCUT2D eigenvalue weighted by Crippen LogP contribution is 2.17. The Hall–Kier alpha value is -2.31. The summed E-state index contributed by atoms with van der Waals surface area (Å²) < 4.78 is 59.9. The van der Waals surface area contributed by atoms with E-state index >= 15 is 0 Å². The van der Waals surface area contributed by atoms with Crippen LogP contribution in [0, 0.1) is 5.82 Å². The summed E-state index contributed by atoms with van der Waals surface area (Å²) in [5.74, 6) is 0.586. The van der Waals surface area contributed by atoms with Gasteiger partial charge in [-0.05, 0) is 42.8 Å². The maximum Gasteiger partial charge on any atom is 0.422 e. The zero-order valence-electron chi connectivity index (χ0n) is 16.4. The van der Waals surface area contributed by atoms with E-state index in [9.17, 15) is 17.6 Å². The second-order valence-corrected chi connectivity index (χ2v) is 6.10. The third-order valence-corrected chi connectivity index (χ3v) is 3.57. The molecule has 0 spiro atoms. The number of aliphatic imine (C=N–C) groups is 1. The summed E-state index contributed by atoms with van der Waals surface area (Å²) in [7, 11) is 1.59. The van der Waals surface area contributed by atoms with Crippen molar-refractivity contribution < 1.29 is 27.0 Å². The first-order chi connectivity index (χ1) is 13.7. The largest absolute Gasteiger partial charge is 0.489 e. The average molecular weight is 542 g/mol. The van der Waals surface area contributed by atoms with Crippen LogP contribution in [0.2, 0.25) is 0 Å². The van der Waals surface area contributed by atoms with Crippen LogP contribution in [0.1, 0.15) is 12.5 Å². The van der Waals surface area contributed by atoms with Crippen molar-refractivity contribution in [1.29, 1.82) is 0 Å². The Morgan fingerprint density at radius 2 is 1.87 bits per heavy atom. The Labute approximate surface area is 189 Å². The van der Waals surface area contributed by atoms with Gasteiger partial charge in [-0.25, -0.2) is 9.37 Å². The van der Waals surface area contributed by atoms with E-state index < -0.39 is 12.8 Å². The fourth-order valence-corrected chi connectivity index (χ4v) is 2.23. The van der Waals surface area contributed by atoms with E-state index in [1.165, 1.54) is 24.4 Å². The molecule has 166 valence electrons. The lowest BCUT2D eigenvalue weighted by Gasteiger charge is -2.18. The number of pyridine rings is 1. The molecule has 0 bridgehead atoms. The van der Waals surface area contributed by atoms with Crippen molar-refractivity contribution in [1.82, 2.24) is 15.6 Å². The van der Waals surface area contributed by atoms with Gasteiger partial charge in [0.05, 0.1) is 6.54 Å². The SMILES string of the molecule is CN=C(NCc1ccnc(OCC(F)(F)F)c1)NCC(C)Oc1ccc(F)cc1.I. The first-order valence-corrected chi connectivity index (χ1v) is 8.76. The number of hydrogen-bond acceptors (Lipinski definition) is 4. The number of ether oxygens (including phenoxy) is 2. The molecule has 0 aliphatic rings. The van der Waals surface area contributed by atoms with Crippen molar-refractivity contribution in [2.24, 2.45) is 4.99 Å². The van der Waals surface area contributed by atoms with E-state index in [0.29, 0.717) is 30.4 Å². The van der Waals surface area contributed by atoms with Crippen LogP contribution in [0.4, 0.5) is 17.6 Å². The molecule has 1 aromatic carbocycles. The van der Waals surface area contributed by atoms with Gasteiger partial charge < -0.3 is 20.1 Å². The van der Waals surface area contributed by atoms with Gasteiger partial charge in [-0.1, -0.05) is 0 Å². The summed E-state index contributed by atoms with van der Waals surface area (Å²) in [6.07, 6.45) is -3.27. The average Bonchev–Trinajstić information content (AvgIpc) is 2.68. The molecule has 0 saturated heterocycles. The van der Waals surface area contributed by atoms with E-state index in [1.807, 2.05) is 6.92 Å². The molecule has 1 heterocycles. The van der Waals surface area contributed by atoms with Gasteiger partial charge in [0.1, 0.15) is 17.7 Å². The second kappa shape index (κ2) is 12.4. The quantitative estimate of drug-likeness (QED) is 0.229. The molecule has 2 rings (SSSR count). The van der Waals surface area contributed by atoms with Crippen LogP contribution in [-0.4, -0.2) is 43.4 Å². The second-order valence-electron chi connectivity index (χ2n) is 6.10. The predicted octanol–water partition coefficient (Wildman–Crippen LogP) is 3.91. The molecule has 30 heavy (non-hydrogen) atoms. The molecule has 2 N–H and O–H groups in total. The van der Waals surface area contributed by atoms with Crippen molar-refractivity contribution in [3.05, 3.63) is 54.0 Å². The normalized spacial score (nSPS) is 12.5. The minimum Gasteiger partial charge on any atom is -0.489 e. The Bertz CT molecular complexity index is 804. The summed E-state index contributed by atoms with van der Waals surface area (Å²) in [4.78, 5) is 7.84. The molecule has 0 saturated carbocycles. The number of halogens is 5. The summed E-state index contributed by atoms with van der Waals surface area (Å²) >= 11 is 0. The molecular formula is C19H23F4IN4O2. The van der Waals surface area contributed by atoms with Gasteiger partial charge in [0, 0.05) is 25.9 Å². The highest BCUT2D eigenvalue weighted by atomic mass is 127. The number of rotatable bonds is 8. The Morgan fingerprint density at radius 3 is 2.50 bits per heavy atom. The number of guanidine groups is 1. The molecule has 0 aliphatic carbocycles. The lowest BCUT2D eigenvalue weighted by atomic mass is 10.2. The number of nitrogens with one attached hydrogen (secondary N) is 2. The smallest absolute Gasteiger partial charge is 0.422 e. The van der Waals surface area contributed by atoms with Crippen LogP contribution in [0.25, 0.3) is 0 Å². The van der Waals surface area contributed by atoms with E-state index in [1.54, 1.807) is 25.2 Å². The lowest BCUT2D eigenvalue weighted by molar-refractivity contribution is -0.154. The number of nitrogens with zero attached hydrogens (tertiary/aromatic N) is 2. The van der Waals surface area contributed by atoms with Gasteiger partial charge in [0.25, 0.3) is 0 Å². The fourth-order valence-electron chi connectivity index (χ4n) is 2.23. The monoisotopic (exact) mass is 542 g/mol. The highest BCUT2D eigenvalue weighted by Gasteiger charge is 2.28. The molecule has 0 amide bonds. The number of hydrogen-bond donors (Lipinski definition) is 2. The summed E-state index contributed by atoms with van der Waals surface area (Å²) in [5, 5.41) is 6.12. The molecule has 2 aromatic rings. The molecule has 1 unspecified atom stereocenters. The summed E-state index contributed by atoms with van der Waals surface area (Å²) in [6.45, 7) is 1.17. The van der Waals surface area contributed by atoms with Gasteiger partial charge >= 0.3 is 6.18 Å². The van der Waals surface area contributed by atoms with Crippen molar-refractivity contribution >= 4 is 29.9 Å². The topological polar surface area (TPSA) is 67.8 Å². The van der Waals surface area contributed by atoms with E-state index in [2.05, 4.69) is 25.3 Å². The van der Waals surface area contributed by atoms with Crippen molar-refractivity contribution in [2.75, 3.05) is 20.2 Å². The maximum absolute atomic E-state index is 12.9. The van der Waals surface area contributed by atoms with Crippen LogP contribution < -0.4 is 20.1 Å². The Balaban J connectivity index is 0.00000450. The van der Waals surface area contributed by atoms with E-state index in [-0.39, 0.29) is 41.8 Å². The molecule has 0 radical (unpaired) electrons. The van der Waals surface area contributed by atoms with Gasteiger partial charge in [0.15, 0.2) is 12.6 Å². The zero-order valence-corrected chi connectivity index (χ0v) is 18.7. The number of aromatic nitrogens is 1. The number of benzene rings is 1. The molecule has 11 heteroatoms. The fraction of sp³-hybridized carbons (Fsp3) is 0.368. The first kappa shape index (κ1) is 25.7.